The predicted octanol–water partition coefficient (Wildman–Crippen LogP) is 1.93. The van der Waals surface area contributed by atoms with E-state index in [-0.39, 0.29) is 17.8 Å². The zero-order chi connectivity index (χ0) is 22.6. The van der Waals surface area contributed by atoms with E-state index in [0.29, 0.717) is 11.8 Å². The van der Waals surface area contributed by atoms with E-state index >= 15 is 0 Å². The SMILES string of the molecule is O=C(NCc1cn2cc(CNCC3CCCCO3)ccc2n1)c1cc(=O)n2ccccc2n1. The maximum absolute atomic E-state index is 12.6. The molecular weight excluding hydrogens is 420 g/mol. The van der Waals surface area contributed by atoms with E-state index in [2.05, 4.69) is 20.6 Å². The molecule has 0 aliphatic carbocycles. The normalized spacial score (nSPS) is 16.3. The van der Waals surface area contributed by atoms with Gasteiger partial charge < -0.3 is 19.8 Å². The Balaban J connectivity index is 1.20. The lowest BCUT2D eigenvalue weighted by Gasteiger charge is -2.22. The first-order valence-electron chi connectivity index (χ1n) is 11.2. The molecular formula is C24H26N6O3. The van der Waals surface area contributed by atoms with Gasteiger partial charge in [-0.25, -0.2) is 9.97 Å². The van der Waals surface area contributed by atoms with E-state index in [1.807, 2.05) is 28.9 Å². The summed E-state index contributed by atoms with van der Waals surface area (Å²) in [5.41, 5.74) is 2.90. The molecule has 0 spiro atoms. The number of pyridine rings is 2. The van der Waals surface area contributed by atoms with Gasteiger partial charge in [-0.1, -0.05) is 12.1 Å². The number of nitrogens with zero attached hydrogens (tertiary/aromatic N) is 4. The summed E-state index contributed by atoms with van der Waals surface area (Å²) in [6, 6.07) is 10.5. The van der Waals surface area contributed by atoms with Gasteiger partial charge in [0.1, 0.15) is 17.0 Å². The van der Waals surface area contributed by atoms with Gasteiger partial charge >= 0.3 is 0 Å². The summed E-state index contributed by atoms with van der Waals surface area (Å²) >= 11 is 0. The molecule has 1 saturated heterocycles. The van der Waals surface area contributed by atoms with Gasteiger partial charge in [0.25, 0.3) is 11.5 Å². The monoisotopic (exact) mass is 446 g/mol. The Labute approximate surface area is 190 Å². The molecule has 2 N–H and O–H groups in total. The molecule has 170 valence electrons. The van der Waals surface area contributed by atoms with E-state index < -0.39 is 5.91 Å². The molecule has 4 aromatic heterocycles. The van der Waals surface area contributed by atoms with Crippen molar-refractivity contribution in [3.8, 4) is 0 Å². The van der Waals surface area contributed by atoms with Crippen LogP contribution < -0.4 is 16.2 Å². The first-order chi connectivity index (χ1) is 16.2. The van der Waals surface area contributed by atoms with Crippen molar-refractivity contribution >= 4 is 17.2 Å². The molecule has 4 aromatic rings. The first kappa shape index (κ1) is 21.3. The number of fused-ring (bicyclic) bond motifs is 2. The lowest BCUT2D eigenvalue weighted by Crippen LogP contribution is -2.31. The fourth-order valence-corrected chi connectivity index (χ4v) is 4.06. The minimum absolute atomic E-state index is 0.0882. The number of nitrogens with one attached hydrogen (secondary N) is 2. The zero-order valence-electron chi connectivity index (χ0n) is 18.2. The van der Waals surface area contributed by atoms with Gasteiger partial charge in [0.2, 0.25) is 0 Å². The third kappa shape index (κ3) is 4.94. The summed E-state index contributed by atoms with van der Waals surface area (Å²) < 4.78 is 9.11. The van der Waals surface area contributed by atoms with E-state index in [9.17, 15) is 9.59 Å². The molecule has 1 atom stereocenters. The van der Waals surface area contributed by atoms with Crippen molar-refractivity contribution in [1.29, 1.82) is 0 Å². The lowest BCUT2D eigenvalue weighted by molar-refractivity contribution is 0.0168. The number of carbonyl (C=O) groups is 1. The molecule has 1 aliphatic heterocycles. The van der Waals surface area contributed by atoms with Crippen LogP contribution in [-0.2, 0) is 17.8 Å². The number of ether oxygens (including phenoxy) is 1. The molecule has 1 unspecified atom stereocenters. The Morgan fingerprint density at radius 2 is 2.03 bits per heavy atom. The van der Waals surface area contributed by atoms with Crippen LogP contribution >= 0.6 is 0 Å². The highest BCUT2D eigenvalue weighted by Gasteiger charge is 2.14. The highest BCUT2D eigenvalue weighted by Crippen LogP contribution is 2.12. The van der Waals surface area contributed by atoms with Crippen LogP contribution in [0.25, 0.3) is 11.3 Å². The minimum atomic E-state index is -0.412. The third-order valence-electron chi connectivity index (χ3n) is 5.77. The van der Waals surface area contributed by atoms with Crippen LogP contribution in [-0.4, -0.2) is 43.9 Å². The Bertz CT molecular complexity index is 1340. The zero-order valence-corrected chi connectivity index (χ0v) is 18.2. The van der Waals surface area contributed by atoms with Crippen molar-refractivity contribution in [1.82, 2.24) is 29.4 Å². The fourth-order valence-electron chi connectivity index (χ4n) is 4.06. The second-order valence-corrected chi connectivity index (χ2v) is 8.25. The Morgan fingerprint density at radius 3 is 2.91 bits per heavy atom. The molecule has 1 aliphatic rings. The van der Waals surface area contributed by atoms with Crippen molar-refractivity contribution in [2.45, 2.75) is 38.5 Å². The summed E-state index contributed by atoms with van der Waals surface area (Å²) in [6.07, 6.45) is 9.37. The fraction of sp³-hybridized carbons (Fsp3) is 0.333. The topological polar surface area (TPSA) is 102 Å². The molecule has 0 radical (unpaired) electrons. The maximum Gasteiger partial charge on any atom is 0.270 e. The van der Waals surface area contributed by atoms with Crippen molar-refractivity contribution in [3.63, 3.8) is 0 Å². The lowest BCUT2D eigenvalue weighted by atomic mass is 10.1. The van der Waals surface area contributed by atoms with Gasteiger partial charge in [-0.05, 0) is 43.0 Å². The standard InChI is InChI=1S/C24H26N6O3/c31-23-11-20(28-22-6-1-3-9-30(22)23)24(32)26-13-18-16-29-15-17(7-8-21(29)27-18)12-25-14-19-5-2-4-10-33-19/h1,3,6-9,11,15-16,19,25H,2,4-5,10,12-14H2,(H,26,32). The van der Waals surface area contributed by atoms with E-state index in [4.69, 9.17) is 4.74 Å². The molecule has 9 heteroatoms. The largest absolute Gasteiger partial charge is 0.377 e. The molecule has 33 heavy (non-hydrogen) atoms. The highest BCUT2D eigenvalue weighted by atomic mass is 16.5. The first-order valence-corrected chi connectivity index (χ1v) is 11.2. The van der Waals surface area contributed by atoms with Crippen molar-refractivity contribution in [3.05, 3.63) is 82.3 Å². The Hall–Kier alpha value is -3.56. The number of imidazole rings is 1. The second-order valence-electron chi connectivity index (χ2n) is 8.25. The number of aromatic nitrogens is 4. The quantitative estimate of drug-likeness (QED) is 0.450. The van der Waals surface area contributed by atoms with Crippen LogP contribution in [0.3, 0.4) is 0 Å². The van der Waals surface area contributed by atoms with E-state index in [1.165, 1.54) is 16.9 Å². The summed E-state index contributed by atoms with van der Waals surface area (Å²) in [5.74, 6) is -0.412. The molecule has 5 rings (SSSR count). The summed E-state index contributed by atoms with van der Waals surface area (Å²) in [7, 11) is 0. The molecule has 1 amide bonds. The number of amides is 1. The minimum Gasteiger partial charge on any atom is -0.377 e. The van der Waals surface area contributed by atoms with Crippen LogP contribution in [0.1, 0.15) is 41.0 Å². The van der Waals surface area contributed by atoms with Crippen molar-refractivity contribution < 1.29 is 9.53 Å². The predicted molar refractivity (Wildman–Crippen MR) is 123 cm³/mol. The smallest absolute Gasteiger partial charge is 0.270 e. The summed E-state index contributed by atoms with van der Waals surface area (Å²) in [5, 5.41) is 6.27. The maximum atomic E-state index is 12.6. The average molecular weight is 447 g/mol. The van der Waals surface area contributed by atoms with Crippen molar-refractivity contribution in [2.75, 3.05) is 13.2 Å². The molecule has 9 nitrogen and oxygen atoms in total. The van der Waals surface area contributed by atoms with E-state index in [0.717, 1.165) is 49.4 Å². The summed E-state index contributed by atoms with van der Waals surface area (Å²) in [4.78, 5) is 33.6. The van der Waals surface area contributed by atoms with Crippen LogP contribution in [0.15, 0.2) is 59.8 Å². The number of carbonyl (C=O) groups excluding carboxylic acids is 1. The van der Waals surface area contributed by atoms with Gasteiger partial charge in [0.15, 0.2) is 0 Å². The average Bonchev–Trinajstić information content (AvgIpc) is 3.25. The van der Waals surface area contributed by atoms with Crippen LogP contribution in [0.4, 0.5) is 0 Å². The van der Waals surface area contributed by atoms with Gasteiger partial charge in [0.05, 0.1) is 18.3 Å². The van der Waals surface area contributed by atoms with Gasteiger partial charge in [-0.15, -0.1) is 0 Å². The second kappa shape index (κ2) is 9.51. The Morgan fingerprint density at radius 1 is 1.09 bits per heavy atom. The van der Waals surface area contributed by atoms with Crippen LogP contribution in [0.5, 0.6) is 0 Å². The van der Waals surface area contributed by atoms with Gasteiger partial charge in [-0.3, -0.25) is 14.0 Å². The molecule has 0 aromatic carbocycles. The third-order valence-corrected chi connectivity index (χ3v) is 5.77. The summed E-state index contributed by atoms with van der Waals surface area (Å²) in [6.45, 7) is 2.71. The number of hydrogen-bond donors (Lipinski definition) is 2. The van der Waals surface area contributed by atoms with E-state index in [1.54, 1.807) is 24.4 Å². The molecule has 0 bridgehead atoms. The molecule has 1 fully saturated rings. The number of hydrogen-bond acceptors (Lipinski definition) is 6. The Kier molecular flexibility index (Phi) is 6.14. The molecule has 5 heterocycles. The van der Waals surface area contributed by atoms with Crippen molar-refractivity contribution in [2.24, 2.45) is 0 Å². The number of rotatable bonds is 7. The van der Waals surface area contributed by atoms with Crippen LogP contribution in [0, 0.1) is 0 Å². The highest BCUT2D eigenvalue weighted by molar-refractivity contribution is 5.92. The van der Waals surface area contributed by atoms with Gasteiger partial charge in [0, 0.05) is 44.4 Å². The molecule has 0 saturated carbocycles. The van der Waals surface area contributed by atoms with Crippen LogP contribution in [0.2, 0.25) is 0 Å². The van der Waals surface area contributed by atoms with Gasteiger partial charge in [-0.2, -0.15) is 0 Å².